The van der Waals surface area contributed by atoms with Gasteiger partial charge < -0.3 is 10.5 Å². The van der Waals surface area contributed by atoms with E-state index in [1.54, 1.807) is 12.1 Å². The molecule has 1 saturated heterocycles. The number of rotatable bonds is 5. The van der Waals surface area contributed by atoms with E-state index in [1.807, 2.05) is 12.1 Å². The molecule has 0 amide bonds. The van der Waals surface area contributed by atoms with E-state index < -0.39 is 6.61 Å². The number of hydrogen-bond acceptors (Lipinski definition) is 3. The number of nitrogens with two attached hydrogens (primary N) is 1. The number of likely N-dealkylation sites (tertiary alicyclic amines) is 1. The van der Waals surface area contributed by atoms with Gasteiger partial charge in [-0.15, -0.1) is 12.4 Å². The van der Waals surface area contributed by atoms with E-state index >= 15 is 0 Å². The quantitative estimate of drug-likeness (QED) is 0.905. The minimum Gasteiger partial charge on any atom is -0.435 e. The third-order valence-electron chi connectivity index (χ3n) is 3.93. The molecular weight excluding hydrogens is 298 g/mol. The Labute approximate surface area is 130 Å². The Kier molecular flexibility index (Phi) is 7.35. The normalized spacial score (nSPS) is 18.3. The molecule has 0 aliphatic carbocycles. The maximum Gasteiger partial charge on any atom is 0.387 e. The molecule has 6 heteroatoms. The van der Waals surface area contributed by atoms with Gasteiger partial charge in [0.25, 0.3) is 0 Å². The van der Waals surface area contributed by atoms with Crippen molar-refractivity contribution in [2.24, 2.45) is 11.7 Å². The molecule has 0 aromatic heterocycles. The minimum atomic E-state index is -2.77. The lowest BCUT2D eigenvalue weighted by atomic mass is 9.91. The fraction of sp³-hybridized carbons (Fsp3) is 0.600. The fourth-order valence-corrected chi connectivity index (χ4v) is 2.67. The molecule has 1 fully saturated rings. The van der Waals surface area contributed by atoms with E-state index in [0.717, 1.165) is 38.0 Å². The van der Waals surface area contributed by atoms with Gasteiger partial charge in [-0.3, -0.25) is 4.90 Å². The predicted octanol–water partition coefficient (Wildman–Crippen LogP) is 3.27. The average Bonchev–Trinajstić information content (AvgIpc) is 2.41. The number of ether oxygens (including phenoxy) is 1. The van der Waals surface area contributed by atoms with Crippen LogP contribution in [0.1, 0.15) is 25.3 Å². The van der Waals surface area contributed by atoms with Crippen LogP contribution in [0, 0.1) is 5.92 Å². The molecule has 1 aliphatic heterocycles. The van der Waals surface area contributed by atoms with Crippen LogP contribution in [-0.4, -0.2) is 30.6 Å². The van der Waals surface area contributed by atoms with Crippen LogP contribution in [0.3, 0.4) is 0 Å². The molecule has 1 aromatic carbocycles. The number of benzene rings is 1. The Bertz CT molecular complexity index is 407. The predicted molar refractivity (Wildman–Crippen MR) is 82.0 cm³/mol. The molecule has 1 aromatic rings. The molecule has 0 saturated carbocycles. The fourth-order valence-electron chi connectivity index (χ4n) is 2.67. The summed E-state index contributed by atoms with van der Waals surface area (Å²) < 4.78 is 28.4. The van der Waals surface area contributed by atoms with Gasteiger partial charge in [0.2, 0.25) is 0 Å². The first-order chi connectivity index (χ1) is 9.54. The summed E-state index contributed by atoms with van der Waals surface area (Å²) in [6, 6.07) is 7.14. The summed E-state index contributed by atoms with van der Waals surface area (Å²) >= 11 is 0. The highest BCUT2D eigenvalue weighted by molar-refractivity contribution is 5.85. The van der Waals surface area contributed by atoms with Crippen molar-refractivity contribution in [3.63, 3.8) is 0 Å². The first-order valence-electron chi connectivity index (χ1n) is 7.06. The molecule has 120 valence electrons. The SMILES string of the molecule is CC(N)C1CCN(Cc2ccc(OC(F)F)cc2)CC1.Cl. The molecule has 1 aliphatic rings. The highest BCUT2D eigenvalue weighted by atomic mass is 35.5. The van der Waals surface area contributed by atoms with Gasteiger partial charge in [0.1, 0.15) is 5.75 Å². The van der Waals surface area contributed by atoms with Crippen LogP contribution in [-0.2, 0) is 6.54 Å². The zero-order valence-corrected chi connectivity index (χ0v) is 13.0. The van der Waals surface area contributed by atoms with Crippen molar-refractivity contribution in [1.29, 1.82) is 0 Å². The Morgan fingerprint density at radius 3 is 2.29 bits per heavy atom. The third kappa shape index (κ3) is 5.77. The number of hydrogen-bond donors (Lipinski definition) is 1. The van der Waals surface area contributed by atoms with Crippen LogP contribution < -0.4 is 10.5 Å². The van der Waals surface area contributed by atoms with Gasteiger partial charge in [-0.1, -0.05) is 12.1 Å². The lowest BCUT2D eigenvalue weighted by molar-refractivity contribution is -0.0498. The molecule has 0 radical (unpaired) electrons. The van der Waals surface area contributed by atoms with Crippen molar-refractivity contribution in [2.45, 2.75) is 39.0 Å². The summed E-state index contributed by atoms with van der Waals surface area (Å²) in [4.78, 5) is 2.38. The standard InChI is InChI=1S/C15H22F2N2O.ClH/c1-11(18)13-6-8-19(9-7-13)10-12-2-4-14(5-3-12)20-15(16)17;/h2-5,11,13,15H,6-10,18H2,1H3;1H. The van der Waals surface area contributed by atoms with Crippen LogP contribution in [0.15, 0.2) is 24.3 Å². The Morgan fingerprint density at radius 2 is 1.81 bits per heavy atom. The van der Waals surface area contributed by atoms with Crippen molar-refractivity contribution in [1.82, 2.24) is 4.90 Å². The zero-order chi connectivity index (χ0) is 14.5. The first-order valence-corrected chi connectivity index (χ1v) is 7.06. The van der Waals surface area contributed by atoms with E-state index in [0.29, 0.717) is 5.92 Å². The Hall–Kier alpha value is -0.910. The second kappa shape index (κ2) is 8.51. The van der Waals surface area contributed by atoms with E-state index in [9.17, 15) is 8.78 Å². The van der Waals surface area contributed by atoms with Crippen LogP contribution in [0.4, 0.5) is 8.78 Å². The highest BCUT2D eigenvalue weighted by Crippen LogP contribution is 2.22. The maximum atomic E-state index is 12.1. The molecule has 0 bridgehead atoms. The lowest BCUT2D eigenvalue weighted by Crippen LogP contribution is -2.39. The molecular formula is C15H23ClF2N2O. The number of nitrogens with zero attached hydrogens (tertiary/aromatic N) is 1. The first kappa shape index (κ1) is 18.1. The van der Waals surface area contributed by atoms with Gasteiger partial charge in [-0.2, -0.15) is 8.78 Å². The van der Waals surface area contributed by atoms with Crippen molar-refractivity contribution < 1.29 is 13.5 Å². The van der Waals surface area contributed by atoms with Crippen LogP contribution in [0.5, 0.6) is 5.75 Å². The summed E-state index contributed by atoms with van der Waals surface area (Å²) in [5.41, 5.74) is 7.04. The monoisotopic (exact) mass is 320 g/mol. The Morgan fingerprint density at radius 1 is 1.24 bits per heavy atom. The van der Waals surface area contributed by atoms with Crippen LogP contribution in [0.25, 0.3) is 0 Å². The van der Waals surface area contributed by atoms with Crippen molar-refractivity contribution in [3.05, 3.63) is 29.8 Å². The minimum absolute atomic E-state index is 0. The van der Waals surface area contributed by atoms with Gasteiger partial charge in [-0.05, 0) is 56.5 Å². The number of halogens is 3. The topological polar surface area (TPSA) is 38.5 Å². The van der Waals surface area contributed by atoms with Crippen LogP contribution in [0.2, 0.25) is 0 Å². The molecule has 21 heavy (non-hydrogen) atoms. The molecule has 1 unspecified atom stereocenters. The van der Waals surface area contributed by atoms with E-state index in [4.69, 9.17) is 5.73 Å². The second-order valence-corrected chi connectivity index (χ2v) is 5.50. The molecule has 1 atom stereocenters. The largest absolute Gasteiger partial charge is 0.435 e. The van der Waals surface area contributed by atoms with Gasteiger partial charge in [0, 0.05) is 12.6 Å². The summed E-state index contributed by atoms with van der Waals surface area (Å²) in [5.74, 6) is 0.826. The number of piperidine rings is 1. The van der Waals surface area contributed by atoms with Crippen molar-refractivity contribution in [2.75, 3.05) is 13.1 Å². The van der Waals surface area contributed by atoms with Crippen LogP contribution >= 0.6 is 12.4 Å². The number of alkyl halides is 2. The third-order valence-corrected chi connectivity index (χ3v) is 3.93. The van der Waals surface area contributed by atoms with Gasteiger partial charge in [-0.25, -0.2) is 0 Å². The molecule has 3 nitrogen and oxygen atoms in total. The summed E-state index contributed by atoms with van der Waals surface area (Å²) in [5, 5.41) is 0. The van der Waals surface area contributed by atoms with Gasteiger partial charge in [0.05, 0.1) is 0 Å². The summed E-state index contributed by atoms with van der Waals surface area (Å²) in [7, 11) is 0. The van der Waals surface area contributed by atoms with Crippen molar-refractivity contribution in [3.8, 4) is 5.75 Å². The average molecular weight is 321 g/mol. The van der Waals surface area contributed by atoms with Crippen molar-refractivity contribution >= 4 is 12.4 Å². The van der Waals surface area contributed by atoms with Gasteiger partial charge in [0.15, 0.2) is 0 Å². The van der Waals surface area contributed by atoms with E-state index in [-0.39, 0.29) is 24.2 Å². The smallest absolute Gasteiger partial charge is 0.387 e. The second-order valence-electron chi connectivity index (χ2n) is 5.50. The summed E-state index contributed by atoms with van der Waals surface area (Å²) in [6.45, 7) is 2.24. The molecule has 2 N–H and O–H groups in total. The Balaban J connectivity index is 0.00000220. The maximum absolute atomic E-state index is 12.1. The van der Waals surface area contributed by atoms with E-state index in [2.05, 4.69) is 16.6 Å². The van der Waals surface area contributed by atoms with E-state index in [1.165, 1.54) is 0 Å². The molecule has 1 heterocycles. The van der Waals surface area contributed by atoms with Gasteiger partial charge >= 0.3 is 6.61 Å². The molecule has 2 rings (SSSR count). The zero-order valence-electron chi connectivity index (χ0n) is 12.2. The summed E-state index contributed by atoms with van der Waals surface area (Å²) in [6.07, 6.45) is 2.26. The lowest BCUT2D eigenvalue weighted by Gasteiger charge is -2.33. The highest BCUT2D eigenvalue weighted by Gasteiger charge is 2.21. The molecule has 0 spiro atoms.